The van der Waals surface area contributed by atoms with Crippen LogP contribution in [-0.2, 0) is 11.3 Å². The van der Waals surface area contributed by atoms with Gasteiger partial charge >= 0.3 is 0 Å². The van der Waals surface area contributed by atoms with E-state index in [1.807, 2.05) is 0 Å². The average molecular weight is 293 g/mol. The maximum absolute atomic E-state index is 12.3. The molecule has 0 aromatic carbocycles. The number of hydrogen-bond acceptors (Lipinski definition) is 4. The van der Waals surface area contributed by atoms with Crippen molar-refractivity contribution in [3.8, 4) is 0 Å². The number of pyridine rings is 1. The highest BCUT2D eigenvalue weighted by molar-refractivity contribution is 5.76. The molecule has 2 atom stereocenters. The highest BCUT2D eigenvalue weighted by Gasteiger charge is 2.25. The molecule has 0 radical (unpaired) electrons. The third-order valence-electron chi connectivity index (χ3n) is 3.71. The molecular formula is C14H19N3O4. The van der Waals surface area contributed by atoms with Crippen LogP contribution in [0.4, 0.5) is 5.69 Å². The van der Waals surface area contributed by atoms with Gasteiger partial charge in [-0.25, -0.2) is 0 Å². The van der Waals surface area contributed by atoms with E-state index in [-0.39, 0.29) is 18.1 Å². The maximum Gasteiger partial charge on any atom is 0.285 e. The predicted octanol–water partition coefficient (Wildman–Crippen LogP) is 1.26. The minimum Gasteiger partial charge on any atom is -0.341 e. The van der Waals surface area contributed by atoms with Crippen molar-refractivity contribution in [1.82, 2.24) is 9.47 Å². The summed E-state index contributed by atoms with van der Waals surface area (Å²) in [7, 11) is 0. The van der Waals surface area contributed by atoms with Crippen LogP contribution in [0.3, 0.4) is 0 Å². The molecule has 7 nitrogen and oxygen atoms in total. The highest BCUT2D eigenvalue weighted by atomic mass is 16.6. The van der Waals surface area contributed by atoms with Gasteiger partial charge in [0.1, 0.15) is 6.54 Å². The number of nitro groups is 1. The number of carbonyl (C=O) groups excluding carboxylic acids is 1. The number of amides is 1. The third-order valence-corrected chi connectivity index (χ3v) is 3.71. The summed E-state index contributed by atoms with van der Waals surface area (Å²) in [6.45, 7) is 5.38. The van der Waals surface area contributed by atoms with Crippen LogP contribution in [0.5, 0.6) is 0 Å². The summed E-state index contributed by atoms with van der Waals surface area (Å²) in [5, 5.41) is 10.7. The lowest BCUT2D eigenvalue weighted by Gasteiger charge is -2.35. The number of likely N-dealkylation sites (tertiary alicyclic amines) is 1. The number of carbonyl (C=O) groups is 1. The lowest BCUT2D eigenvalue weighted by Crippen LogP contribution is -2.44. The fourth-order valence-corrected chi connectivity index (χ4v) is 2.86. The molecule has 7 heteroatoms. The molecule has 0 bridgehead atoms. The van der Waals surface area contributed by atoms with E-state index in [1.54, 1.807) is 4.90 Å². The van der Waals surface area contributed by atoms with Gasteiger partial charge in [-0.1, -0.05) is 13.8 Å². The zero-order valence-electron chi connectivity index (χ0n) is 12.2. The van der Waals surface area contributed by atoms with E-state index in [0.29, 0.717) is 24.9 Å². The van der Waals surface area contributed by atoms with Crippen LogP contribution in [0.2, 0.25) is 0 Å². The van der Waals surface area contributed by atoms with Crippen LogP contribution in [0, 0.1) is 22.0 Å². The van der Waals surface area contributed by atoms with Gasteiger partial charge in [-0.05, 0) is 18.3 Å². The summed E-state index contributed by atoms with van der Waals surface area (Å²) in [5.41, 5.74) is -0.602. The summed E-state index contributed by atoms with van der Waals surface area (Å²) in [6, 6.07) is 2.27. The first-order valence-electron chi connectivity index (χ1n) is 6.99. The lowest BCUT2D eigenvalue weighted by molar-refractivity contribution is -0.385. The Morgan fingerprint density at radius 3 is 2.52 bits per heavy atom. The summed E-state index contributed by atoms with van der Waals surface area (Å²) in [6.07, 6.45) is 2.21. The Morgan fingerprint density at radius 1 is 1.33 bits per heavy atom. The average Bonchev–Trinajstić information content (AvgIpc) is 2.39. The van der Waals surface area contributed by atoms with Gasteiger partial charge in [-0.3, -0.25) is 24.3 Å². The molecule has 1 aliphatic rings. The Hall–Kier alpha value is -2.18. The maximum atomic E-state index is 12.3. The van der Waals surface area contributed by atoms with Gasteiger partial charge in [0, 0.05) is 25.2 Å². The van der Waals surface area contributed by atoms with E-state index >= 15 is 0 Å². The zero-order chi connectivity index (χ0) is 15.6. The molecule has 1 saturated heterocycles. The van der Waals surface area contributed by atoms with E-state index in [0.717, 1.165) is 29.3 Å². The zero-order valence-corrected chi connectivity index (χ0v) is 12.2. The van der Waals surface area contributed by atoms with Gasteiger partial charge in [0.05, 0.1) is 11.1 Å². The molecule has 0 aliphatic carbocycles. The minimum atomic E-state index is -0.578. The van der Waals surface area contributed by atoms with Gasteiger partial charge in [-0.15, -0.1) is 0 Å². The van der Waals surface area contributed by atoms with E-state index in [1.165, 1.54) is 0 Å². The first-order valence-corrected chi connectivity index (χ1v) is 6.99. The van der Waals surface area contributed by atoms with Crippen molar-refractivity contribution in [3.63, 3.8) is 0 Å². The number of hydrogen-bond donors (Lipinski definition) is 0. The Kier molecular flexibility index (Phi) is 4.40. The standard InChI is InChI=1S/C14H19N3O4/c1-10-5-11(2)7-15(6-10)14(19)9-16-8-12(17(20)21)3-4-13(16)18/h3-4,8,10-11H,5-7,9H2,1-2H3/t10-,11-/m0/s1. The second kappa shape index (κ2) is 6.07. The molecule has 1 amide bonds. The van der Waals surface area contributed by atoms with Gasteiger partial charge in [0.2, 0.25) is 5.91 Å². The molecule has 0 N–H and O–H groups in total. The molecule has 1 aliphatic heterocycles. The lowest BCUT2D eigenvalue weighted by atomic mass is 9.92. The Labute approximate surface area is 122 Å². The van der Waals surface area contributed by atoms with Crippen LogP contribution < -0.4 is 5.56 Å². The molecule has 1 fully saturated rings. The Morgan fingerprint density at radius 2 is 1.95 bits per heavy atom. The SMILES string of the molecule is C[C@H]1C[C@H](C)CN(C(=O)Cn2cc([N+](=O)[O-])ccc2=O)C1. The van der Waals surface area contributed by atoms with E-state index in [4.69, 9.17) is 0 Å². The molecule has 2 rings (SSSR count). The smallest absolute Gasteiger partial charge is 0.285 e. The topological polar surface area (TPSA) is 85.4 Å². The molecule has 114 valence electrons. The van der Waals surface area contributed by atoms with Crippen LogP contribution in [0.25, 0.3) is 0 Å². The Balaban J connectivity index is 2.14. The molecule has 0 unspecified atom stereocenters. The van der Waals surface area contributed by atoms with Crippen LogP contribution in [0.1, 0.15) is 20.3 Å². The number of aromatic nitrogens is 1. The van der Waals surface area contributed by atoms with Crippen molar-refractivity contribution in [2.24, 2.45) is 11.8 Å². The van der Waals surface area contributed by atoms with Crippen LogP contribution in [-0.4, -0.2) is 33.4 Å². The minimum absolute atomic E-state index is 0.153. The molecule has 1 aromatic heterocycles. The predicted molar refractivity (Wildman–Crippen MR) is 76.9 cm³/mol. The molecule has 2 heterocycles. The molecule has 0 spiro atoms. The first kappa shape index (κ1) is 15.2. The third kappa shape index (κ3) is 3.68. The van der Waals surface area contributed by atoms with Crippen molar-refractivity contribution < 1.29 is 9.72 Å². The van der Waals surface area contributed by atoms with E-state index in [9.17, 15) is 19.7 Å². The van der Waals surface area contributed by atoms with Gasteiger partial charge in [-0.2, -0.15) is 0 Å². The van der Waals surface area contributed by atoms with Crippen molar-refractivity contribution in [2.75, 3.05) is 13.1 Å². The van der Waals surface area contributed by atoms with Gasteiger partial charge in [0.15, 0.2) is 0 Å². The van der Waals surface area contributed by atoms with Crippen LogP contribution >= 0.6 is 0 Å². The summed E-state index contributed by atoms with van der Waals surface area (Å²) < 4.78 is 1.10. The highest BCUT2D eigenvalue weighted by Crippen LogP contribution is 2.21. The quantitative estimate of drug-likeness (QED) is 0.620. The van der Waals surface area contributed by atoms with E-state index < -0.39 is 10.5 Å². The number of rotatable bonds is 3. The summed E-state index contributed by atoms with van der Waals surface area (Å²) in [4.78, 5) is 35.9. The van der Waals surface area contributed by atoms with Crippen LogP contribution in [0.15, 0.2) is 23.1 Å². The van der Waals surface area contributed by atoms with Crippen molar-refractivity contribution in [2.45, 2.75) is 26.8 Å². The first-order chi connectivity index (χ1) is 9.86. The molecule has 1 aromatic rings. The Bertz CT molecular complexity index is 600. The largest absolute Gasteiger partial charge is 0.341 e. The monoisotopic (exact) mass is 293 g/mol. The van der Waals surface area contributed by atoms with Crippen molar-refractivity contribution in [3.05, 3.63) is 38.8 Å². The number of piperidine rings is 1. The van der Waals surface area contributed by atoms with Gasteiger partial charge in [0.25, 0.3) is 11.2 Å². The molecular weight excluding hydrogens is 274 g/mol. The number of nitrogens with zero attached hydrogens (tertiary/aromatic N) is 3. The second-order valence-corrected chi connectivity index (χ2v) is 5.86. The fraction of sp³-hybridized carbons (Fsp3) is 0.571. The van der Waals surface area contributed by atoms with Crippen molar-refractivity contribution >= 4 is 11.6 Å². The summed E-state index contributed by atoms with van der Waals surface area (Å²) in [5.74, 6) is 0.690. The van der Waals surface area contributed by atoms with E-state index in [2.05, 4.69) is 13.8 Å². The summed E-state index contributed by atoms with van der Waals surface area (Å²) >= 11 is 0. The normalized spacial score (nSPS) is 22.1. The van der Waals surface area contributed by atoms with Crippen molar-refractivity contribution in [1.29, 1.82) is 0 Å². The molecule has 0 saturated carbocycles. The van der Waals surface area contributed by atoms with Gasteiger partial charge < -0.3 is 4.90 Å². The fourth-order valence-electron chi connectivity index (χ4n) is 2.86. The molecule has 21 heavy (non-hydrogen) atoms. The second-order valence-electron chi connectivity index (χ2n) is 5.86.